The molecule has 0 unspecified atom stereocenters. The minimum absolute atomic E-state index is 0.200. The van der Waals surface area contributed by atoms with E-state index in [0.717, 1.165) is 74.9 Å². The molecular formula is C46H77BrN4O6. The molecule has 57 heavy (non-hydrogen) atoms. The first-order valence-electron chi connectivity index (χ1n) is 21.7. The van der Waals surface area contributed by atoms with Crippen molar-refractivity contribution < 1.29 is 28.5 Å². The highest BCUT2D eigenvalue weighted by Gasteiger charge is 2.26. The second-order valence-electron chi connectivity index (χ2n) is 16.9. The number of piperazine rings is 2. The van der Waals surface area contributed by atoms with Gasteiger partial charge in [-0.2, -0.15) is 0 Å². The van der Waals surface area contributed by atoms with Crippen LogP contribution >= 0.6 is 15.9 Å². The molecule has 2 aliphatic rings. The third-order valence-corrected chi connectivity index (χ3v) is 9.78. The maximum absolute atomic E-state index is 12.2. The van der Waals surface area contributed by atoms with E-state index in [9.17, 15) is 9.59 Å². The predicted octanol–water partition coefficient (Wildman–Crippen LogP) is 11.5. The lowest BCUT2D eigenvalue weighted by Crippen LogP contribution is -2.50. The first-order chi connectivity index (χ1) is 27.2. The molecular weight excluding hydrogens is 784 g/mol. The maximum Gasteiger partial charge on any atom is 0.410 e. The van der Waals surface area contributed by atoms with Gasteiger partial charge in [-0.15, -0.1) is 0 Å². The number of nitrogens with one attached hydrogen (secondary N) is 1. The van der Waals surface area contributed by atoms with Crippen LogP contribution in [0.1, 0.15) is 132 Å². The van der Waals surface area contributed by atoms with Gasteiger partial charge in [-0.1, -0.05) is 94.0 Å². The average molecular weight is 862 g/mol. The van der Waals surface area contributed by atoms with Crippen molar-refractivity contribution in [1.82, 2.24) is 15.1 Å². The molecule has 2 aromatic rings. The zero-order valence-corrected chi connectivity index (χ0v) is 38.4. The number of halogens is 1. The fourth-order valence-corrected chi connectivity index (χ4v) is 6.34. The Hall–Kier alpha value is -3.18. The van der Waals surface area contributed by atoms with Crippen LogP contribution in [0.15, 0.2) is 53.0 Å². The number of nitrogens with zero attached hydrogens (tertiary/aromatic N) is 3. The molecule has 2 aliphatic heterocycles. The summed E-state index contributed by atoms with van der Waals surface area (Å²) in [7, 11) is 0. The molecule has 2 heterocycles. The van der Waals surface area contributed by atoms with E-state index >= 15 is 0 Å². The van der Waals surface area contributed by atoms with Crippen LogP contribution in [0, 0.1) is 0 Å². The van der Waals surface area contributed by atoms with E-state index < -0.39 is 5.60 Å². The van der Waals surface area contributed by atoms with Gasteiger partial charge in [0.25, 0.3) is 0 Å². The van der Waals surface area contributed by atoms with Gasteiger partial charge in [-0.05, 0) is 103 Å². The van der Waals surface area contributed by atoms with Crippen molar-refractivity contribution in [2.24, 2.45) is 0 Å². The van der Waals surface area contributed by atoms with E-state index in [-0.39, 0.29) is 17.8 Å². The molecule has 324 valence electrons. The molecule has 0 saturated carbocycles. The number of carbonyl (C=O) groups excluding carboxylic acids is 2. The Bertz CT molecular complexity index is 1330. The van der Waals surface area contributed by atoms with Crippen LogP contribution in [-0.4, -0.2) is 98.8 Å². The Balaban J connectivity index is 0.000000326. The van der Waals surface area contributed by atoms with Crippen LogP contribution in [0.5, 0.6) is 11.5 Å². The van der Waals surface area contributed by atoms with Crippen LogP contribution in [0.2, 0.25) is 0 Å². The van der Waals surface area contributed by atoms with Gasteiger partial charge in [0.2, 0.25) is 0 Å². The van der Waals surface area contributed by atoms with E-state index in [0.29, 0.717) is 13.1 Å². The van der Waals surface area contributed by atoms with Crippen molar-refractivity contribution in [1.29, 1.82) is 0 Å². The lowest BCUT2D eigenvalue weighted by atomic mass is 10.1. The molecule has 2 fully saturated rings. The number of hydrogen-bond acceptors (Lipinski definition) is 8. The van der Waals surface area contributed by atoms with Gasteiger partial charge in [-0.3, -0.25) is 0 Å². The van der Waals surface area contributed by atoms with Gasteiger partial charge in [0, 0.05) is 62.5 Å². The predicted molar refractivity (Wildman–Crippen MR) is 239 cm³/mol. The van der Waals surface area contributed by atoms with Crippen LogP contribution in [0.4, 0.5) is 15.3 Å². The molecule has 11 heteroatoms. The Labute approximate surface area is 354 Å². The van der Waals surface area contributed by atoms with Gasteiger partial charge in [0.15, 0.2) is 0 Å². The molecule has 10 nitrogen and oxygen atoms in total. The zero-order valence-electron chi connectivity index (χ0n) is 36.8. The number of hydrogen-bond donors (Lipinski definition) is 1. The normalized spacial score (nSPS) is 14.4. The highest BCUT2D eigenvalue weighted by atomic mass is 79.9. The Morgan fingerprint density at radius 2 is 0.947 bits per heavy atom. The van der Waals surface area contributed by atoms with Gasteiger partial charge in [0.1, 0.15) is 22.7 Å². The number of ether oxygens (including phenoxy) is 4. The van der Waals surface area contributed by atoms with Gasteiger partial charge in [0.05, 0.1) is 13.2 Å². The first-order valence-corrected chi connectivity index (χ1v) is 22.5. The summed E-state index contributed by atoms with van der Waals surface area (Å²) < 4.78 is 23.3. The van der Waals surface area contributed by atoms with E-state index in [2.05, 4.69) is 52.1 Å². The standard InChI is InChI=1S/C23H38N2O3.C14H21BrO.C9H18N2O2/c1-5-6-7-8-9-10-19-27-21-13-11-20(12-14-21)24-15-17-25(18-16-24)22(26)28-23(2,3)4;1-2-3-4-5-6-7-12-16-14-10-8-13(15)9-11-14;1-9(2,3)13-8(12)11-6-4-10-5-7-11/h11-14H,5-10,15-19H2,1-4H3;8-11H,2-7,12H2,1H3;10H,4-7H2,1-3H3. The van der Waals surface area contributed by atoms with Gasteiger partial charge in [-0.25, -0.2) is 9.59 Å². The molecule has 0 radical (unpaired) electrons. The minimum Gasteiger partial charge on any atom is -0.494 e. The summed E-state index contributed by atoms with van der Waals surface area (Å²) in [6.07, 6.45) is 15.1. The Morgan fingerprint density at radius 1 is 0.561 bits per heavy atom. The molecule has 2 aromatic carbocycles. The molecule has 2 amide bonds. The number of unbranched alkanes of at least 4 members (excludes halogenated alkanes) is 10. The number of anilines is 1. The van der Waals surface area contributed by atoms with Crippen molar-refractivity contribution in [3.05, 3.63) is 53.0 Å². The fourth-order valence-electron chi connectivity index (χ4n) is 6.08. The number of rotatable bonds is 17. The second-order valence-corrected chi connectivity index (χ2v) is 17.8. The maximum atomic E-state index is 12.2. The topological polar surface area (TPSA) is 92.8 Å². The van der Waals surface area contributed by atoms with Gasteiger partial charge >= 0.3 is 12.2 Å². The van der Waals surface area contributed by atoms with Crippen LogP contribution in [0.3, 0.4) is 0 Å². The molecule has 0 atom stereocenters. The number of benzene rings is 2. The molecule has 2 saturated heterocycles. The number of amides is 2. The highest BCUT2D eigenvalue weighted by Crippen LogP contribution is 2.22. The summed E-state index contributed by atoms with van der Waals surface area (Å²) >= 11 is 3.41. The lowest BCUT2D eigenvalue weighted by Gasteiger charge is -2.36. The Morgan fingerprint density at radius 3 is 1.37 bits per heavy atom. The quantitative estimate of drug-likeness (QED) is 0.157. The first kappa shape index (κ1) is 50.0. The summed E-state index contributed by atoms with van der Waals surface area (Å²) in [5.41, 5.74) is 0.345. The summed E-state index contributed by atoms with van der Waals surface area (Å²) in [6, 6.07) is 16.3. The summed E-state index contributed by atoms with van der Waals surface area (Å²) in [5, 5.41) is 3.18. The SMILES string of the molecule is CC(C)(C)OC(=O)N1CCNCC1.CCCCCCCCOc1ccc(Br)cc1.CCCCCCCCOc1ccc(N2CCN(C(=O)OC(C)(C)C)CC2)cc1. The molecule has 1 N–H and O–H groups in total. The Kier molecular flexibility index (Phi) is 24.8. The van der Waals surface area contributed by atoms with Crippen molar-refractivity contribution in [3.8, 4) is 11.5 Å². The number of carbonyl (C=O) groups is 2. The van der Waals surface area contributed by atoms with Gasteiger partial charge < -0.3 is 39.0 Å². The van der Waals surface area contributed by atoms with E-state index in [1.165, 1.54) is 76.3 Å². The molecule has 4 rings (SSSR count). The molecule has 0 bridgehead atoms. The molecule has 0 spiro atoms. The molecule has 0 aliphatic carbocycles. The third-order valence-electron chi connectivity index (χ3n) is 9.25. The van der Waals surface area contributed by atoms with Crippen molar-refractivity contribution in [2.75, 3.05) is 70.5 Å². The van der Waals surface area contributed by atoms with E-state index in [4.69, 9.17) is 18.9 Å². The third kappa shape index (κ3) is 24.4. The summed E-state index contributed by atoms with van der Waals surface area (Å²) in [4.78, 5) is 29.5. The zero-order chi connectivity index (χ0) is 41.9. The summed E-state index contributed by atoms with van der Waals surface area (Å²) in [5.74, 6) is 1.90. The van der Waals surface area contributed by atoms with Crippen LogP contribution in [0.25, 0.3) is 0 Å². The average Bonchev–Trinajstić information content (AvgIpc) is 3.18. The van der Waals surface area contributed by atoms with Crippen molar-refractivity contribution in [3.63, 3.8) is 0 Å². The van der Waals surface area contributed by atoms with Crippen molar-refractivity contribution >= 4 is 33.8 Å². The molecule has 0 aromatic heterocycles. The van der Waals surface area contributed by atoms with Crippen LogP contribution < -0.4 is 19.7 Å². The largest absolute Gasteiger partial charge is 0.494 e. The minimum atomic E-state index is -0.445. The lowest BCUT2D eigenvalue weighted by molar-refractivity contribution is 0.0223. The van der Waals surface area contributed by atoms with Crippen molar-refractivity contribution in [2.45, 2.75) is 144 Å². The monoisotopic (exact) mass is 861 g/mol. The smallest absolute Gasteiger partial charge is 0.410 e. The van der Waals surface area contributed by atoms with E-state index in [1.54, 1.807) is 9.80 Å². The second kappa shape index (κ2) is 28.3. The fraction of sp³-hybridized carbons (Fsp3) is 0.696. The van der Waals surface area contributed by atoms with Crippen LogP contribution in [-0.2, 0) is 9.47 Å². The summed E-state index contributed by atoms with van der Waals surface area (Å²) in [6.45, 7) is 23.7. The highest BCUT2D eigenvalue weighted by molar-refractivity contribution is 9.10. The van der Waals surface area contributed by atoms with E-state index in [1.807, 2.05) is 77.9 Å².